The van der Waals surface area contributed by atoms with E-state index in [9.17, 15) is 0 Å². The van der Waals surface area contributed by atoms with Crippen molar-refractivity contribution >= 4 is 14.0 Å². The van der Waals surface area contributed by atoms with Gasteiger partial charge in [0, 0.05) is 11.1 Å². The summed E-state index contributed by atoms with van der Waals surface area (Å²) in [5.41, 5.74) is 2.27. The Kier molecular flexibility index (Phi) is 3.80. The highest BCUT2D eigenvalue weighted by Crippen LogP contribution is 1.99. The molecule has 1 heteroatoms. The Morgan fingerprint density at radius 3 is 2.12 bits per heavy atom. The van der Waals surface area contributed by atoms with Gasteiger partial charge in [-0.25, -0.2) is 0 Å². The topological polar surface area (TPSA) is 0 Å². The molecule has 0 fully saturated rings. The minimum Gasteiger partial charge on any atom is -0.0682 e. The van der Waals surface area contributed by atoms with Crippen molar-refractivity contribution in [3.8, 4) is 11.8 Å². The molecule has 0 saturated heterocycles. The fourth-order valence-electron chi connectivity index (χ4n) is 1.78. The van der Waals surface area contributed by atoms with E-state index in [-0.39, 0.29) is 0 Å². The first kappa shape index (κ1) is 11.7. The molecule has 0 unspecified atom stereocenters. The van der Waals surface area contributed by atoms with Gasteiger partial charge < -0.3 is 0 Å². The number of benzene rings is 2. The van der Waals surface area contributed by atoms with E-state index < -0.39 is 8.80 Å². The van der Waals surface area contributed by atoms with Crippen molar-refractivity contribution in [2.24, 2.45) is 0 Å². The fourth-order valence-corrected chi connectivity index (χ4v) is 3.06. The minimum absolute atomic E-state index is 0.796. The van der Waals surface area contributed by atoms with Crippen LogP contribution in [0, 0.1) is 11.8 Å². The molecule has 0 bridgehead atoms. The van der Waals surface area contributed by atoms with Crippen LogP contribution in [-0.4, -0.2) is 8.80 Å². The first-order valence-corrected chi connectivity index (χ1v) is 8.82. The Balaban J connectivity index is 2.34. The second kappa shape index (κ2) is 5.52. The van der Waals surface area contributed by atoms with Gasteiger partial charge in [-0.2, -0.15) is 0 Å². The Labute approximate surface area is 105 Å². The van der Waals surface area contributed by atoms with E-state index in [4.69, 9.17) is 0 Å². The zero-order valence-corrected chi connectivity index (χ0v) is 11.4. The molecule has 0 nitrogen and oxygen atoms in total. The molecule has 2 aromatic carbocycles. The lowest BCUT2D eigenvalue weighted by Gasteiger charge is -2.05. The van der Waals surface area contributed by atoms with Gasteiger partial charge in [0.1, 0.15) is 0 Å². The lowest BCUT2D eigenvalue weighted by atomic mass is 10.2. The lowest BCUT2D eigenvalue weighted by Crippen LogP contribution is -2.25. The molecule has 0 spiro atoms. The van der Waals surface area contributed by atoms with Gasteiger partial charge in [-0.3, -0.25) is 0 Å². The van der Waals surface area contributed by atoms with E-state index in [2.05, 4.69) is 49.2 Å². The molecule has 2 aromatic rings. The van der Waals surface area contributed by atoms with Gasteiger partial charge in [0.05, 0.1) is 8.80 Å². The first-order chi connectivity index (χ1) is 8.27. The second-order valence-electron chi connectivity index (χ2n) is 4.36. The largest absolute Gasteiger partial charge is 0.0682 e. The SMILES string of the molecule is C[SiH](C)c1ccccc1C#Cc1ccccc1. The molecule has 0 aliphatic carbocycles. The first-order valence-electron chi connectivity index (χ1n) is 5.93. The lowest BCUT2D eigenvalue weighted by molar-refractivity contribution is 1.64. The van der Waals surface area contributed by atoms with Crippen molar-refractivity contribution in [3.63, 3.8) is 0 Å². The van der Waals surface area contributed by atoms with Gasteiger partial charge >= 0.3 is 0 Å². The van der Waals surface area contributed by atoms with Crippen LogP contribution in [0.15, 0.2) is 54.6 Å². The molecule has 0 heterocycles. The molecule has 0 aromatic heterocycles. The fraction of sp³-hybridized carbons (Fsp3) is 0.125. The van der Waals surface area contributed by atoms with Gasteiger partial charge in [-0.05, 0) is 23.4 Å². The Hall–Kier alpha value is -1.78. The van der Waals surface area contributed by atoms with Crippen LogP contribution in [0.3, 0.4) is 0 Å². The maximum Gasteiger partial charge on any atom is 0.0663 e. The highest BCUT2D eigenvalue weighted by molar-refractivity contribution is 6.71. The monoisotopic (exact) mass is 236 g/mol. The summed E-state index contributed by atoms with van der Waals surface area (Å²) < 4.78 is 0. The quantitative estimate of drug-likeness (QED) is 0.527. The third-order valence-electron chi connectivity index (χ3n) is 2.70. The molecule has 0 aliphatic rings. The van der Waals surface area contributed by atoms with Crippen molar-refractivity contribution < 1.29 is 0 Å². The summed E-state index contributed by atoms with van der Waals surface area (Å²) in [5.74, 6) is 6.52. The summed E-state index contributed by atoms with van der Waals surface area (Å²) in [6, 6.07) is 18.7. The van der Waals surface area contributed by atoms with Crippen molar-refractivity contribution in [3.05, 3.63) is 65.7 Å². The van der Waals surface area contributed by atoms with Crippen LogP contribution >= 0.6 is 0 Å². The molecule has 17 heavy (non-hydrogen) atoms. The Morgan fingerprint density at radius 1 is 0.765 bits per heavy atom. The van der Waals surface area contributed by atoms with Crippen LogP contribution in [-0.2, 0) is 0 Å². The third kappa shape index (κ3) is 3.09. The summed E-state index contributed by atoms with van der Waals surface area (Å²) in [7, 11) is -0.796. The van der Waals surface area contributed by atoms with Crippen molar-refractivity contribution in [2.45, 2.75) is 13.1 Å². The van der Waals surface area contributed by atoms with E-state index in [1.807, 2.05) is 30.3 Å². The molecule has 0 N–H and O–H groups in total. The maximum atomic E-state index is 3.30. The molecule has 0 amide bonds. The molecule has 84 valence electrons. The smallest absolute Gasteiger partial charge is 0.0663 e. The summed E-state index contributed by atoms with van der Waals surface area (Å²) in [5, 5.41) is 1.45. The molecule has 0 aliphatic heterocycles. The van der Waals surface area contributed by atoms with E-state index in [1.165, 1.54) is 10.8 Å². The van der Waals surface area contributed by atoms with Crippen LogP contribution in [0.4, 0.5) is 0 Å². The van der Waals surface area contributed by atoms with E-state index in [0.717, 1.165) is 5.56 Å². The zero-order valence-electron chi connectivity index (χ0n) is 10.3. The standard InChI is InChI=1S/C16H16Si/c1-17(2)16-11-7-6-10-15(16)13-12-14-8-4-3-5-9-14/h3-11,17H,1-2H3. The van der Waals surface area contributed by atoms with Gasteiger partial charge in [-0.15, -0.1) is 0 Å². The molecule has 0 atom stereocenters. The van der Waals surface area contributed by atoms with Crippen LogP contribution in [0.25, 0.3) is 0 Å². The molecule has 2 rings (SSSR count). The van der Waals surface area contributed by atoms with Crippen molar-refractivity contribution in [1.82, 2.24) is 0 Å². The molecular formula is C16H16Si. The van der Waals surface area contributed by atoms with Crippen LogP contribution in [0.1, 0.15) is 11.1 Å². The predicted octanol–water partition coefficient (Wildman–Crippen LogP) is 2.78. The van der Waals surface area contributed by atoms with Crippen LogP contribution in [0.5, 0.6) is 0 Å². The average Bonchev–Trinajstić information content (AvgIpc) is 2.38. The van der Waals surface area contributed by atoms with Gasteiger partial charge in [0.2, 0.25) is 0 Å². The van der Waals surface area contributed by atoms with Crippen molar-refractivity contribution in [1.29, 1.82) is 0 Å². The zero-order chi connectivity index (χ0) is 12.1. The van der Waals surface area contributed by atoms with Crippen LogP contribution < -0.4 is 5.19 Å². The third-order valence-corrected chi connectivity index (χ3v) is 4.45. The number of hydrogen-bond acceptors (Lipinski definition) is 0. The average molecular weight is 236 g/mol. The summed E-state index contributed by atoms with van der Waals surface area (Å²) in [4.78, 5) is 0. The maximum absolute atomic E-state index is 3.30. The van der Waals surface area contributed by atoms with Gasteiger partial charge in [-0.1, -0.05) is 61.3 Å². The second-order valence-corrected chi connectivity index (χ2v) is 7.29. The number of hydrogen-bond donors (Lipinski definition) is 0. The van der Waals surface area contributed by atoms with E-state index >= 15 is 0 Å². The minimum atomic E-state index is -0.796. The van der Waals surface area contributed by atoms with Gasteiger partial charge in [0.25, 0.3) is 0 Å². The van der Waals surface area contributed by atoms with E-state index in [1.54, 1.807) is 0 Å². The van der Waals surface area contributed by atoms with Crippen LogP contribution in [0.2, 0.25) is 13.1 Å². The van der Waals surface area contributed by atoms with E-state index in [0.29, 0.717) is 0 Å². The summed E-state index contributed by atoms with van der Waals surface area (Å²) in [6.07, 6.45) is 0. The van der Waals surface area contributed by atoms with Crippen molar-refractivity contribution in [2.75, 3.05) is 0 Å². The normalized spacial score (nSPS) is 9.82. The Morgan fingerprint density at radius 2 is 1.41 bits per heavy atom. The highest BCUT2D eigenvalue weighted by Gasteiger charge is 2.03. The molecule has 0 saturated carbocycles. The highest BCUT2D eigenvalue weighted by atomic mass is 28.3. The molecular weight excluding hydrogens is 220 g/mol. The van der Waals surface area contributed by atoms with Gasteiger partial charge in [0.15, 0.2) is 0 Å². The Bertz CT molecular complexity index is 544. The number of rotatable bonds is 1. The summed E-state index contributed by atoms with van der Waals surface area (Å²) >= 11 is 0. The molecule has 0 radical (unpaired) electrons. The predicted molar refractivity (Wildman–Crippen MR) is 77.4 cm³/mol. The summed E-state index contributed by atoms with van der Waals surface area (Å²) in [6.45, 7) is 4.67.